The van der Waals surface area contributed by atoms with Crippen molar-refractivity contribution in [3.8, 4) is 5.75 Å². The van der Waals surface area contributed by atoms with Crippen LogP contribution < -0.4 is 15.0 Å². The molecule has 2 amide bonds. The molecule has 1 aliphatic heterocycles. The molecule has 1 fully saturated rings. The Kier molecular flexibility index (Phi) is 6.33. The summed E-state index contributed by atoms with van der Waals surface area (Å²) in [5.41, 5.74) is 1.26. The zero-order chi connectivity index (χ0) is 20.8. The molecule has 0 aromatic heterocycles. The number of carbonyl (C=O) groups excluding carboxylic acids is 1. The largest absolute Gasteiger partial charge is 0.497 e. The van der Waals surface area contributed by atoms with E-state index in [1.54, 1.807) is 18.1 Å². The fourth-order valence-electron chi connectivity index (χ4n) is 3.13. The summed E-state index contributed by atoms with van der Waals surface area (Å²) in [5, 5.41) is 11.4. The molecule has 0 bridgehead atoms. The molecule has 0 aliphatic carbocycles. The van der Waals surface area contributed by atoms with Crippen LogP contribution in [0.1, 0.15) is 5.56 Å². The molecule has 2 N–H and O–H groups in total. The lowest BCUT2D eigenvalue weighted by atomic mass is 10.1. The van der Waals surface area contributed by atoms with Gasteiger partial charge in [-0.15, -0.1) is 0 Å². The van der Waals surface area contributed by atoms with E-state index in [1.165, 1.54) is 18.2 Å². The maximum Gasteiger partial charge on any atom is 0.328 e. The number of urea groups is 1. The van der Waals surface area contributed by atoms with Gasteiger partial charge in [-0.1, -0.05) is 18.2 Å². The van der Waals surface area contributed by atoms with Crippen molar-refractivity contribution >= 4 is 29.5 Å². The Bertz CT molecular complexity index is 924. The molecule has 2 aromatic rings. The van der Waals surface area contributed by atoms with Crippen LogP contribution in [0.5, 0.6) is 5.75 Å². The third kappa shape index (κ3) is 5.04. The van der Waals surface area contributed by atoms with Gasteiger partial charge in [-0.05, 0) is 24.3 Å². The minimum atomic E-state index is -1.15. The number of halogens is 1. The molecular weight excluding hydrogens is 377 g/mol. The van der Waals surface area contributed by atoms with Gasteiger partial charge in [0.25, 0.3) is 0 Å². The number of carboxylic acids is 1. The first kappa shape index (κ1) is 20.2. The predicted octanol–water partition coefficient (Wildman–Crippen LogP) is 3.29. The Morgan fingerprint density at radius 1 is 1.14 bits per heavy atom. The number of anilines is 2. The molecule has 0 spiro atoms. The summed E-state index contributed by atoms with van der Waals surface area (Å²) in [6.07, 6.45) is 2.15. The Hall–Kier alpha value is -3.55. The quantitative estimate of drug-likeness (QED) is 0.754. The molecular formula is C21H22FN3O4. The molecule has 1 saturated heterocycles. The van der Waals surface area contributed by atoms with Crippen LogP contribution >= 0.6 is 0 Å². The number of para-hydroxylation sites is 1. The smallest absolute Gasteiger partial charge is 0.328 e. The fraction of sp³-hybridized carbons (Fsp3) is 0.238. The van der Waals surface area contributed by atoms with Crippen LogP contribution in [0.25, 0.3) is 6.08 Å². The molecule has 0 atom stereocenters. The van der Waals surface area contributed by atoms with Crippen molar-refractivity contribution < 1.29 is 23.8 Å². The van der Waals surface area contributed by atoms with Gasteiger partial charge in [0.15, 0.2) is 0 Å². The third-order valence-corrected chi connectivity index (χ3v) is 4.67. The van der Waals surface area contributed by atoms with Gasteiger partial charge in [0, 0.05) is 49.6 Å². The first-order chi connectivity index (χ1) is 14.0. The molecule has 1 heterocycles. The maximum absolute atomic E-state index is 14.2. The molecule has 29 heavy (non-hydrogen) atoms. The van der Waals surface area contributed by atoms with Crippen LogP contribution in [0.2, 0.25) is 0 Å². The SMILES string of the molecule is COc1cccc(N2CCN(C(=O)Nc3c(F)cccc3/C=C/C(=O)O)CC2)c1. The molecule has 8 heteroatoms. The highest BCUT2D eigenvalue weighted by atomic mass is 19.1. The Morgan fingerprint density at radius 3 is 2.55 bits per heavy atom. The molecule has 0 saturated carbocycles. The number of hydrogen-bond donors (Lipinski definition) is 2. The zero-order valence-electron chi connectivity index (χ0n) is 16.0. The number of benzene rings is 2. The number of amides is 2. The lowest BCUT2D eigenvalue weighted by Crippen LogP contribution is -2.50. The number of hydrogen-bond acceptors (Lipinski definition) is 4. The van der Waals surface area contributed by atoms with Crippen molar-refractivity contribution in [1.29, 1.82) is 0 Å². The van der Waals surface area contributed by atoms with Crippen LogP contribution in [0, 0.1) is 5.82 Å². The molecule has 0 unspecified atom stereocenters. The number of piperazine rings is 1. The van der Waals surface area contributed by atoms with Crippen LogP contribution in [-0.2, 0) is 4.79 Å². The van der Waals surface area contributed by atoms with E-state index < -0.39 is 17.8 Å². The molecule has 3 rings (SSSR count). The number of nitrogens with one attached hydrogen (secondary N) is 1. The minimum absolute atomic E-state index is 0.0368. The van der Waals surface area contributed by atoms with Crippen molar-refractivity contribution in [2.24, 2.45) is 0 Å². The summed E-state index contributed by atoms with van der Waals surface area (Å²) in [5.74, 6) is -1.01. The number of nitrogens with zero attached hydrogens (tertiary/aromatic N) is 2. The normalized spacial score (nSPS) is 14.1. The lowest BCUT2D eigenvalue weighted by molar-refractivity contribution is -0.131. The summed E-state index contributed by atoms with van der Waals surface area (Å²) in [6, 6.07) is 11.5. The van der Waals surface area contributed by atoms with E-state index >= 15 is 0 Å². The van der Waals surface area contributed by atoms with E-state index in [9.17, 15) is 14.0 Å². The van der Waals surface area contributed by atoms with Gasteiger partial charge < -0.3 is 25.0 Å². The molecule has 7 nitrogen and oxygen atoms in total. The van der Waals surface area contributed by atoms with E-state index in [-0.39, 0.29) is 11.3 Å². The summed E-state index contributed by atoms with van der Waals surface area (Å²) in [7, 11) is 1.62. The molecule has 0 radical (unpaired) electrons. The highest BCUT2D eigenvalue weighted by Crippen LogP contribution is 2.24. The average Bonchev–Trinajstić information content (AvgIpc) is 2.74. The Labute approximate surface area is 168 Å². The van der Waals surface area contributed by atoms with Crippen molar-refractivity contribution in [2.75, 3.05) is 43.5 Å². The molecule has 1 aliphatic rings. The summed E-state index contributed by atoms with van der Waals surface area (Å²) in [6.45, 7) is 2.20. The van der Waals surface area contributed by atoms with Crippen molar-refractivity contribution in [3.63, 3.8) is 0 Å². The van der Waals surface area contributed by atoms with Gasteiger partial charge in [-0.3, -0.25) is 0 Å². The third-order valence-electron chi connectivity index (χ3n) is 4.67. The lowest BCUT2D eigenvalue weighted by Gasteiger charge is -2.36. The van der Waals surface area contributed by atoms with Crippen LogP contribution in [0.4, 0.5) is 20.6 Å². The van der Waals surface area contributed by atoms with Gasteiger partial charge >= 0.3 is 12.0 Å². The van der Waals surface area contributed by atoms with E-state index in [0.717, 1.165) is 17.5 Å². The highest BCUT2D eigenvalue weighted by molar-refractivity contribution is 5.93. The van der Waals surface area contributed by atoms with E-state index in [2.05, 4.69) is 10.2 Å². The minimum Gasteiger partial charge on any atom is -0.497 e. The Balaban J connectivity index is 1.65. The van der Waals surface area contributed by atoms with Crippen LogP contribution in [0.15, 0.2) is 48.5 Å². The predicted molar refractivity (Wildman–Crippen MR) is 109 cm³/mol. The number of carboxylic acid groups (broad SMARTS) is 1. The van der Waals surface area contributed by atoms with Crippen molar-refractivity contribution in [3.05, 3.63) is 59.9 Å². The molecule has 2 aromatic carbocycles. The Morgan fingerprint density at radius 2 is 1.86 bits per heavy atom. The van der Waals surface area contributed by atoms with Gasteiger partial charge in [0.1, 0.15) is 11.6 Å². The number of carbonyl (C=O) groups is 2. The standard InChI is InChI=1S/C21H22FN3O4/c1-29-17-6-3-5-16(14-17)24-10-12-25(13-11-24)21(28)23-20-15(8-9-19(26)27)4-2-7-18(20)22/h2-9,14H,10-13H2,1H3,(H,23,28)(H,26,27)/b9-8+. The highest BCUT2D eigenvalue weighted by Gasteiger charge is 2.23. The fourth-order valence-corrected chi connectivity index (χ4v) is 3.13. The zero-order valence-corrected chi connectivity index (χ0v) is 16.0. The van der Waals surface area contributed by atoms with E-state index in [1.807, 2.05) is 24.3 Å². The number of ether oxygens (including phenoxy) is 1. The second-order valence-electron chi connectivity index (χ2n) is 6.48. The van der Waals surface area contributed by atoms with Crippen molar-refractivity contribution in [1.82, 2.24) is 4.90 Å². The van der Waals surface area contributed by atoms with Gasteiger partial charge in [-0.25, -0.2) is 14.0 Å². The second kappa shape index (κ2) is 9.09. The van der Waals surface area contributed by atoms with E-state index in [4.69, 9.17) is 9.84 Å². The first-order valence-electron chi connectivity index (χ1n) is 9.12. The monoisotopic (exact) mass is 399 g/mol. The van der Waals surface area contributed by atoms with Gasteiger partial charge in [0.2, 0.25) is 0 Å². The number of methoxy groups -OCH3 is 1. The topological polar surface area (TPSA) is 82.1 Å². The number of aliphatic carboxylic acids is 1. The number of rotatable bonds is 5. The maximum atomic E-state index is 14.2. The van der Waals surface area contributed by atoms with E-state index in [0.29, 0.717) is 26.2 Å². The molecule has 152 valence electrons. The first-order valence-corrected chi connectivity index (χ1v) is 9.12. The van der Waals surface area contributed by atoms with Crippen molar-refractivity contribution in [2.45, 2.75) is 0 Å². The summed E-state index contributed by atoms with van der Waals surface area (Å²) >= 11 is 0. The summed E-state index contributed by atoms with van der Waals surface area (Å²) < 4.78 is 19.5. The van der Waals surface area contributed by atoms with Crippen LogP contribution in [-0.4, -0.2) is 55.3 Å². The van der Waals surface area contributed by atoms with Gasteiger partial charge in [-0.2, -0.15) is 0 Å². The average molecular weight is 399 g/mol. The summed E-state index contributed by atoms with van der Waals surface area (Å²) in [4.78, 5) is 27.1. The van der Waals surface area contributed by atoms with Crippen LogP contribution in [0.3, 0.4) is 0 Å². The van der Waals surface area contributed by atoms with Gasteiger partial charge in [0.05, 0.1) is 12.8 Å². The second-order valence-corrected chi connectivity index (χ2v) is 6.48.